The van der Waals surface area contributed by atoms with Crippen LogP contribution in [-0.4, -0.2) is 5.78 Å². The number of carbonyl (C=O) groups excluding carboxylic acids is 1. The molecule has 17 heavy (non-hydrogen) atoms. The zero-order valence-electron chi connectivity index (χ0n) is 9.53. The molecule has 1 aromatic carbocycles. The predicted molar refractivity (Wildman–Crippen MR) is 64.3 cm³/mol. The van der Waals surface area contributed by atoms with Crippen molar-refractivity contribution >= 4 is 16.6 Å². The highest BCUT2D eigenvalue weighted by molar-refractivity contribution is 6.09. The quantitative estimate of drug-likeness (QED) is 0.696. The van der Waals surface area contributed by atoms with Crippen molar-refractivity contribution < 1.29 is 9.21 Å². The average molecular weight is 228 g/mol. The summed E-state index contributed by atoms with van der Waals surface area (Å²) >= 11 is 0. The number of carbonyl (C=O) groups is 1. The molecule has 1 heterocycles. The molecule has 0 fully saturated rings. The molecular formula is C14H12O3. The Morgan fingerprint density at radius 3 is 2.65 bits per heavy atom. The Morgan fingerprint density at radius 2 is 1.88 bits per heavy atom. The van der Waals surface area contributed by atoms with Crippen molar-refractivity contribution in [3.8, 4) is 0 Å². The van der Waals surface area contributed by atoms with Gasteiger partial charge in [0, 0.05) is 17.7 Å². The molecule has 0 saturated carbocycles. The lowest BCUT2D eigenvalue weighted by molar-refractivity contribution is 0.0908. The van der Waals surface area contributed by atoms with Crippen LogP contribution in [0.5, 0.6) is 0 Å². The number of hydrogen-bond acceptors (Lipinski definition) is 3. The summed E-state index contributed by atoms with van der Waals surface area (Å²) in [6, 6.07) is 7.14. The number of aryl methyl sites for hydroxylation is 1. The SMILES string of the molecule is CC1CCc2oc(=O)c3ccccc3c2C1=O. The van der Waals surface area contributed by atoms with E-state index in [0.29, 0.717) is 23.1 Å². The molecule has 0 N–H and O–H groups in total. The lowest BCUT2D eigenvalue weighted by Crippen LogP contribution is -2.22. The van der Waals surface area contributed by atoms with Gasteiger partial charge in [0.1, 0.15) is 5.76 Å². The van der Waals surface area contributed by atoms with Crippen molar-refractivity contribution in [3.05, 3.63) is 46.0 Å². The summed E-state index contributed by atoms with van der Waals surface area (Å²) in [5, 5.41) is 1.23. The number of Topliss-reactive ketones (excluding diaryl/α,β-unsaturated/α-hetero) is 1. The molecule has 86 valence electrons. The Kier molecular flexibility index (Phi) is 2.15. The molecule has 3 rings (SSSR count). The third kappa shape index (κ3) is 1.42. The molecule has 1 unspecified atom stereocenters. The second-order valence-electron chi connectivity index (χ2n) is 4.54. The summed E-state index contributed by atoms with van der Waals surface area (Å²) in [4.78, 5) is 23.9. The van der Waals surface area contributed by atoms with Gasteiger partial charge in [-0.15, -0.1) is 0 Å². The Hall–Kier alpha value is -1.90. The number of benzene rings is 1. The maximum atomic E-state index is 12.2. The molecule has 1 atom stereocenters. The third-order valence-electron chi connectivity index (χ3n) is 3.41. The summed E-state index contributed by atoms with van der Waals surface area (Å²) in [5.41, 5.74) is 0.264. The number of hydrogen-bond donors (Lipinski definition) is 0. The zero-order chi connectivity index (χ0) is 12.0. The highest BCUT2D eigenvalue weighted by Gasteiger charge is 2.28. The highest BCUT2D eigenvalue weighted by Crippen LogP contribution is 2.29. The molecule has 0 amide bonds. The normalized spacial score (nSPS) is 19.4. The summed E-state index contributed by atoms with van der Waals surface area (Å²) < 4.78 is 5.26. The van der Waals surface area contributed by atoms with Crippen LogP contribution in [-0.2, 0) is 6.42 Å². The summed E-state index contributed by atoms with van der Waals surface area (Å²) in [6.45, 7) is 1.92. The molecule has 3 heteroatoms. The Labute approximate surface area is 98.1 Å². The number of ketones is 1. The lowest BCUT2D eigenvalue weighted by Gasteiger charge is -2.19. The van der Waals surface area contributed by atoms with E-state index in [0.717, 1.165) is 11.8 Å². The fourth-order valence-corrected chi connectivity index (χ4v) is 2.42. The van der Waals surface area contributed by atoms with Gasteiger partial charge in [-0.2, -0.15) is 0 Å². The van der Waals surface area contributed by atoms with Crippen LogP contribution in [0.4, 0.5) is 0 Å². The number of rotatable bonds is 0. The smallest absolute Gasteiger partial charge is 0.343 e. The second kappa shape index (κ2) is 3.55. The molecule has 2 aromatic rings. The van der Waals surface area contributed by atoms with Crippen LogP contribution in [0.1, 0.15) is 29.5 Å². The van der Waals surface area contributed by atoms with Crippen molar-refractivity contribution in [2.24, 2.45) is 5.92 Å². The molecule has 1 aliphatic carbocycles. The molecule has 1 aliphatic rings. The van der Waals surface area contributed by atoms with E-state index in [2.05, 4.69) is 0 Å². The van der Waals surface area contributed by atoms with E-state index >= 15 is 0 Å². The first kappa shape index (κ1) is 10.3. The van der Waals surface area contributed by atoms with Gasteiger partial charge in [0.25, 0.3) is 0 Å². The molecule has 0 bridgehead atoms. The summed E-state index contributed by atoms with van der Waals surface area (Å²) in [6.07, 6.45) is 1.43. The van der Waals surface area contributed by atoms with Crippen molar-refractivity contribution in [2.45, 2.75) is 19.8 Å². The van der Waals surface area contributed by atoms with Gasteiger partial charge in [-0.1, -0.05) is 25.1 Å². The van der Waals surface area contributed by atoms with Gasteiger partial charge in [0.2, 0.25) is 0 Å². The van der Waals surface area contributed by atoms with E-state index in [1.165, 1.54) is 0 Å². The van der Waals surface area contributed by atoms with Crippen LogP contribution in [0.3, 0.4) is 0 Å². The van der Waals surface area contributed by atoms with Gasteiger partial charge in [-0.25, -0.2) is 4.79 Å². The maximum absolute atomic E-state index is 12.2. The average Bonchev–Trinajstić information content (AvgIpc) is 2.34. The van der Waals surface area contributed by atoms with E-state index in [4.69, 9.17) is 4.42 Å². The maximum Gasteiger partial charge on any atom is 0.343 e. The Bertz CT molecular complexity index is 667. The predicted octanol–water partition coefficient (Wildman–Crippen LogP) is 2.56. The van der Waals surface area contributed by atoms with Crippen LogP contribution >= 0.6 is 0 Å². The minimum absolute atomic E-state index is 0.0126. The van der Waals surface area contributed by atoms with Crippen LogP contribution in [0, 0.1) is 5.92 Å². The zero-order valence-corrected chi connectivity index (χ0v) is 9.53. The van der Waals surface area contributed by atoms with Gasteiger partial charge in [0.05, 0.1) is 10.9 Å². The third-order valence-corrected chi connectivity index (χ3v) is 3.41. The molecule has 0 saturated heterocycles. The van der Waals surface area contributed by atoms with Crippen LogP contribution in [0.2, 0.25) is 0 Å². The van der Waals surface area contributed by atoms with E-state index in [-0.39, 0.29) is 17.3 Å². The van der Waals surface area contributed by atoms with Crippen molar-refractivity contribution in [3.63, 3.8) is 0 Å². The van der Waals surface area contributed by atoms with Crippen LogP contribution in [0.25, 0.3) is 10.8 Å². The first-order valence-electron chi connectivity index (χ1n) is 5.77. The standard InChI is InChI=1S/C14H12O3/c1-8-6-7-11-12(13(8)15)9-4-2-3-5-10(9)14(16)17-11/h2-5,8H,6-7H2,1H3. The van der Waals surface area contributed by atoms with E-state index in [9.17, 15) is 9.59 Å². The van der Waals surface area contributed by atoms with Gasteiger partial charge in [-0.05, 0) is 12.5 Å². The molecule has 3 nitrogen and oxygen atoms in total. The second-order valence-corrected chi connectivity index (χ2v) is 4.54. The first-order valence-corrected chi connectivity index (χ1v) is 5.77. The lowest BCUT2D eigenvalue weighted by atomic mass is 9.85. The van der Waals surface area contributed by atoms with Crippen molar-refractivity contribution in [1.29, 1.82) is 0 Å². The van der Waals surface area contributed by atoms with Gasteiger partial charge in [0.15, 0.2) is 5.78 Å². The molecule has 0 radical (unpaired) electrons. The number of fused-ring (bicyclic) bond motifs is 3. The fourth-order valence-electron chi connectivity index (χ4n) is 2.42. The molecule has 1 aromatic heterocycles. The van der Waals surface area contributed by atoms with Gasteiger partial charge < -0.3 is 4.42 Å². The van der Waals surface area contributed by atoms with Crippen LogP contribution in [0.15, 0.2) is 33.5 Å². The minimum atomic E-state index is -0.346. The Balaban J connectivity index is 2.45. The van der Waals surface area contributed by atoms with Gasteiger partial charge >= 0.3 is 5.63 Å². The molecule has 0 spiro atoms. The van der Waals surface area contributed by atoms with Gasteiger partial charge in [-0.3, -0.25) is 4.79 Å². The van der Waals surface area contributed by atoms with Crippen molar-refractivity contribution in [1.82, 2.24) is 0 Å². The van der Waals surface area contributed by atoms with E-state index in [1.54, 1.807) is 12.1 Å². The largest absolute Gasteiger partial charge is 0.427 e. The highest BCUT2D eigenvalue weighted by atomic mass is 16.4. The van der Waals surface area contributed by atoms with Crippen LogP contribution < -0.4 is 5.63 Å². The fraction of sp³-hybridized carbons (Fsp3) is 0.286. The first-order chi connectivity index (χ1) is 8.18. The molecule has 0 aliphatic heterocycles. The minimum Gasteiger partial charge on any atom is -0.427 e. The monoisotopic (exact) mass is 228 g/mol. The summed E-state index contributed by atoms with van der Waals surface area (Å²) in [5.74, 6) is 0.654. The summed E-state index contributed by atoms with van der Waals surface area (Å²) in [7, 11) is 0. The van der Waals surface area contributed by atoms with E-state index < -0.39 is 0 Å². The Morgan fingerprint density at radius 1 is 1.18 bits per heavy atom. The van der Waals surface area contributed by atoms with Crippen molar-refractivity contribution in [2.75, 3.05) is 0 Å². The van der Waals surface area contributed by atoms with E-state index in [1.807, 2.05) is 19.1 Å². The molecular weight excluding hydrogens is 216 g/mol. The topological polar surface area (TPSA) is 47.3 Å².